The molecule has 2 N–H and O–H groups in total. The molecule has 0 spiro atoms. The Morgan fingerprint density at radius 3 is 2.70 bits per heavy atom. The van der Waals surface area contributed by atoms with Crippen molar-refractivity contribution in [2.45, 2.75) is 25.3 Å². The van der Waals surface area contributed by atoms with Gasteiger partial charge in [0.15, 0.2) is 0 Å². The fourth-order valence-electron chi connectivity index (χ4n) is 3.12. The Labute approximate surface area is 157 Å². The third kappa shape index (κ3) is 4.91. The van der Waals surface area contributed by atoms with Gasteiger partial charge in [-0.2, -0.15) is 0 Å². The summed E-state index contributed by atoms with van der Waals surface area (Å²) in [6.07, 6.45) is 3.12. The number of carbonyl (C=O) groups is 3. The topological polar surface area (TPSA) is 99.6 Å². The normalized spacial score (nSPS) is 16.1. The number of hydrogen-bond acceptors (Lipinski definition) is 4. The van der Waals surface area contributed by atoms with Crippen LogP contribution in [0.1, 0.15) is 39.3 Å². The number of aromatic nitrogens is 1. The molecule has 2 amide bonds. The van der Waals surface area contributed by atoms with Crippen molar-refractivity contribution in [3.05, 3.63) is 65.5 Å². The lowest BCUT2D eigenvalue weighted by atomic mass is 10.1. The fourth-order valence-corrected chi connectivity index (χ4v) is 3.12. The SMILES string of the molecule is O=C(NC1CCN(C(=O)CCc2ccccc2)C1)c1ccnc(C(=O)O)c1. The van der Waals surface area contributed by atoms with Crippen molar-refractivity contribution in [3.63, 3.8) is 0 Å². The molecule has 1 aliphatic rings. The zero-order valence-corrected chi connectivity index (χ0v) is 14.8. The van der Waals surface area contributed by atoms with Crippen molar-refractivity contribution < 1.29 is 19.5 Å². The van der Waals surface area contributed by atoms with E-state index in [4.69, 9.17) is 5.11 Å². The van der Waals surface area contributed by atoms with E-state index in [1.54, 1.807) is 4.90 Å². The number of pyridine rings is 1. The smallest absolute Gasteiger partial charge is 0.354 e. The quantitative estimate of drug-likeness (QED) is 0.810. The van der Waals surface area contributed by atoms with Crippen LogP contribution in [0.15, 0.2) is 48.7 Å². The van der Waals surface area contributed by atoms with Gasteiger partial charge in [-0.3, -0.25) is 9.59 Å². The zero-order chi connectivity index (χ0) is 19.2. The van der Waals surface area contributed by atoms with Gasteiger partial charge in [0.1, 0.15) is 5.69 Å². The summed E-state index contributed by atoms with van der Waals surface area (Å²) in [5.74, 6) is -1.46. The second kappa shape index (κ2) is 8.44. The van der Waals surface area contributed by atoms with Gasteiger partial charge in [-0.25, -0.2) is 9.78 Å². The minimum atomic E-state index is -1.18. The van der Waals surface area contributed by atoms with E-state index in [1.807, 2.05) is 30.3 Å². The summed E-state index contributed by atoms with van der Waals surface area (Å²) >= 11 is 0. The number of nitrogens with one attached hydrogen (secondary N) is 1. The van der Waals surface area contributed by atoms with Gasteiger partial charge in [0.25, 0.3) is 5.91 Å². The van der Waals surface area contributed by atoms with Gasteiger partial charge in [0, 0.05) is 37.3 Å². The number of likely N-dealkylation sites (tertiary alicyclic amines) is 1. The lowest BCUT2D eigenvalue weighted by Gasteiger charge is -2.17. The van der Waals surface area contributed by atoms with Crippen LogP contribution in [0.25, 0.3) is 0 Å². The standard InChI is InChI=1S/C20H21N3O4/c24-18(7-6-14-4-2-1-3-5-14)23-11-9-16(13-23)22-19(25)15-8-10-21-17(12-15)20(26)27/h1-5,8,10,12,16H,6-7,9,11,13H2,(H,22,25)(H,26,27). The van der Waals surface area contributed by atoms with Gasteiger partial charge < -0.3 is 15.3 Å². The van der Waals surface area contributed by atoms with Crippen molar-refractivity contribution in [2.75, 3.05) is 13.1 Å². The van der Waals surface area contributed by atoms with Crippen molar-refractivity contribution in [1.29, 1.82) is 0 Å². The molecule has 27 heavy (non-hydrogen) atoms. The number of carbonyl (C=O) groups excluding carboxylic acids is 2. The number of rotatable bonds is 6. The molecule has 1 atom stereocenters. The first kappa shape index (κ1) is 18.6. The Morgan fingerprint density at radius 2 is 1.96 bits per heavy atom. The number of aromatic carboxylic acids is 1. The van der Waals surface area contributed by atoms with Gasteiger partial charge in [0.05, 0.1) is 0 Å². The molecule has 1 aromatic carbocycles. The Morgan fingerprint density at radius 1 is 1.19 bits per heavy atom. The summed E-state index contributed by atoms with van der Waals surface area (Å²) in [5, 5.41) is 11.8. The molecule has 0 bridgehead atoms. The summed E-state index contributed by atoms with van der Waals surface area (Å²) in [6, 6.07) is 12.4. The molecule has 140 valence electrons. The molecule has 7 nitrogen and oxygen atoms in total. The Balaban J connectivity index is 1.50. The van der Waals surface area contributed by atoms with E-state index in [1.165, 1.54) is 18.3 Å². The van der Waals surface area contributed by atoms with Crippen LogP contribution in [0.3, 0.4) is 0 Å². The molecule has 2 heterocycles. The van der Waals surface area contributed by atoms with E-state index in [-0.39, 0.29) is 29.1 Å². The van der Waals surface area contributed by atoms with Crippen LogP contribution in [0.2, 0.25) is 0 Å². The summed E-state index contributed by atoms with van der Waals surface area (Å²) in [5.41, 5.74) is 1.20. The average molecular weight is 367 g/mol. The van der Waals surface area contributed by atoms with E-state index in [0.717, 1.165) is 5.56 Å². The highest BCUT2D eigenvalue weighted by Gasteiger charge is 2.27. The monoisotopic (exact) mass is 367 g/mol. The minimum Gasteiger partial charge on any atom is -0.477 e. The molecule has 1 aliphatic heterocycles. The van der Waals surface area contributed by atoms with Crippen LogP contribution in [-0.4, -0.2) is 51.9 Å². The molecule has 1 saturated heterocycles. The van der Waals surface area contributed by atoms with Crippen LogP contribution in [-0.2, 0) is 11.2 Å². The first-order chi connectivity index (χ1) is 13.0. The van der Waals surface area contributed by atoms with Crippen molar-refractivity contribution >= 4 is 17.8 Å². The van der Waals surface area contributed by atoms with E-state index < -0.39 is 5.97 Å². The van der Waals surface area contributed by atoms with Gasteiger partial charge in [-0.1, -0.05) is 30.3 Å². The second-order valence-electron chi connectivity index (χ2n) is 6.52. The number of amides is 2. The van der Waals surface area contributed by atoms with Gasteiger partial charge >= 0.3 is 5.97 Å². The number of benzene rings is 1. The summed E-state index contributed by atoms with van der Waals surface area (Å²) in [4.78, 5) is 41.1. The number of nitrogens with zero attached hydrogens (tertiary/aromatic N) is 2. The molecule has 0 saturated carbocycles. The lowest BCUT2D eigenvalue weighted by Crippen LogP contribution is -2.38. The van der Waals surface area contributed by atoms with Crippen LogP contribution in [0, 0.1) is 0 Å². The predicted molar refractivity (Wildman–Crippen MR) is 98.4 cm³/mol. The number of aryl methyl sites for hydroxylation is 1. The molecule has 1 aromatic heterocycles. The summed E-state index contributed by atoms with van der Waals surface area (Å²) in [7, 11) is 0. The van der Waals surface area contributed by atoms with Gasteiger partial charge in [0.2, 0.25) is 5.91 Å². The second-order valence-corrected chi connectivity index (χ2v) is 6.52. The molecule has 1 fully saturated rings. The average Bonchev–Trinajstić information content (AvgIpc) is 3.15. The Hall–Kier alpha value is -3.22. The molecule has 7 heteroatoms. The van der Waals surface area contributed by atoms with Gasteiger partial charge in [-0.05, 0) is 30.5 Å². The fraction of sp³-hybridized carbons (Fsp3) is 0.300. The minimum absolute atomic E-state index is 0.0766. The third-order valence-electron chi connectivity index (χ3n) is 4.59. The van der Waals surface area contributed by atoms with Crippen LogP contribution in [0.5, 0.6) is 0 Å². The van der Waals surface area contributed by atoms with E-state index in [2.05, 4.69) is 10.3 Å². The first-order valence-corrected chi connectivity index (χ1v) is 8.85. The zero-order valence-electron chi connectivity index (χ0n) is 14.8. The molecule has 0 radical (unpaired) electrons. The summed E-state index contributed by atoms with van der Waals surface area (Å²) in [6.45, 7) is 1.07. The molecule has 2 aromatic rings. The maximum atomic E-state index is 12.4. The highest BCUT2D eigenvalue weighted by molar-refractivity contribution is 5.96. The predicted octanol–water partition coefficient (Wildman–Crippen LogP) is 1.74. The van der Waals surface area contributed by atoms with Crippen LogP contribution in [0.4, 0.5) is 0 Å². The highest BCUT2D eigenvalue weighted by atomic mass is 16.4. The van der Waals surface area contributed by atoms with Crippen molar-refractivity contribution in [3.8, 4) is 0 Å². The lowest BCUT2D eigenvalue weighted by molar-refractivity contribution is -0.130. The number of carboxylic acid groups (broad SMARTS) is 1. The van der Waals surface area contributed by atoms with Gasteiger partial charge in [-0.15, -0.1) is 0 Å². The van der Waals surface area contributed by atoms with E-state index >= 15 is 0 Å². The Bertz CT molecular complexity index is 838. The molecule has 0 aliphatic carbocycles. The van der Waals surface area contributed by atoms with E-state index in [9.17, 15) is 14.4 Å². The first-order valence-electron chi connectivity index (χ1n) is 8.85. The number of carboxylic acids is 1. The van der Waals surface area contributed by atoms with Crippen molar-refractivity contribution in [2.24, 2.45) is 0 Å². The summed E-state index contributed by atoms with van der Waals surface area (Å²) < 4.78 is 0. The Kier molecular flexibility index (Phi) is 5.80. The van der Waals surface area contributed by atoms with Crippen LogP contribution >= 0.6 is 0 Å². The maximum absolute atomic E-state index is 12.4. The molecule has 1 unspecified atom stereocenters. The number of hydrogen-bond donors (Lipinski definition) is 2. The molecule has 3 rings (SSSR count). The maximum Gasteiger partial charge on any atom is 0.354 e. The molecular weight excluding hydrogens is 346 g/mol. The largest absolute Gasteiger partial charge is 0.477 e. The molecular formula is C20H21N3O4. The van der Waals surface area contributed by atoms with Crippen LogP contribution < -0.4 is 5.32 Å². The van der Waals surface area contributed by atoms with E-state index in [0.29, 0.717) is 32.4 Å². The van der Waals surface area contributed by atoms with Crippen molar-refractivity contribution in [1.82, 2.24) is 15.2 Å². The third-order valence-corrected chi connectivity index (χ3v) is 4.59. The highest BCUT2D eigenvalue weighted by Crippen LogP contribution is 2.13.